The average molecular weight is 430 g/mol. The lowest BCUT2D eigenvalue weighted by atomic mass is 10.2. The topological polar surface area (TPSA) is 119 Å². The van der Waals surface area contributed by atoms with Crippen LogP contribution >= 0.6 is 15.9 Å². The van der Waals surface area contributed by atoms with E-state index in [1.807, 2.05) is 0 Å². The molecule has 10 heteroatoms. The van der Waals surface area contributed by atoms with Crippen LogP contribution < -0.4 is 15.6 Å². The molecule has 0 saturated carbocycles. The molecule has 27 heavy (non-hydrogen) atoms. The van der Waals surface area contributed by atoms with E-state index in [-0.39, 0.29) is 11.7 Å². The summed E-state index contributed by atoms with van der Waals surface area (Å²) in [4.78, 5) is 30.7. The first-order valence-electron chi connectivity index (χ1n) is 7.59. The van der Waals surface area contributed by atoms with Gasteiger partial charge in [-0.15, -0.1) is 0 Å². The van der Waals surface area contributed by atoms with Crippen molar-refractivity contribution in [3.05, 3.63) is 81.1 Å². The second kappa shape index (κ2) is 8.23. The lowest BCUT2D eigenvalue weighted by Crippen LogP contribution is -2.30. The maximum atomic E-state index is 12.2. The van der Waals surface area contributed by atoms with Crippen molar-refractivity contribution >= 4 is 33.3 Å². The third-order valence-corrected chi connectivity index (χ3v) is 4.03. The number of rotatable bonds is 6. The number of hydrogen-bond acceptors (Lipinski definition) is 7. The van der Waals surface area contributed by atoms with Gasteiger partial charge < -0.3 is 4.74 Å². The minimum Gasteiger partial charge on any atom is -0.434 e. The zero-order valence-electron chi connectivity index (χ0n) is 13.6. The maximum absolute atomic E-state index is 12.2. The number of benzene rings is 2. The molecule has 0 atom stereocenters. The molecule has 0 unspecified atom stereocenters. The summed E-state index contributed by atoms with van der Waals surface area (Å²) in [5.41, 5.74) is 4.67. The van der Waals surface area contributed by atoms with Crippen LogP contribution in [0.25, 0.3) is 0 Å². The van der Waals surface area contributed by atoms with E-state index < -0.39 is 16.5 Å². The first kappa shape index (κ1) is 18.3. The molecule has 1 aromatic heterocycles. The second-order valence-electron chi connectivity index (χ2n) is 5.11. The van der Waals surface area contributed by atoms with Gasteiger partial charge in [0.25, 0.3) is 5.91 Å². The average Bonchev–Trinajstić information content (AvgIpc) is 2.67. The van der Waals surface area contributed by atoms with Gasteiger partial charge in [-0.25, -0.2) is 4.98 Å². The van der Waals surface area contributed by atoms with Crippen LogP contribution in [-0.4, -0.2) is 20.8 Å². The van der Waals surface area contributed by atoms with Crippen molar-refractivity contribution < 1.29 is 14.5 Å². The Balaban J connectivity index is 1.83. The van der Waals surface area contributed by atoms with Gasteiger partial charge in [0.1, 0.15) is 12.1 Å². The van der Waals surface area contributed by atoms with Crippen molar-refractivity contribution in [1.82, 2.24) is 15.4 Å². The van der Waals surface area contributed by atoms with E-state index in [2.05, 4.69) is 36.7 Å². The summed E-state index contributed by atoms with van der Waals surface area (Å²) in [5.74, 6) is -0.580. The summed E-state index contributed by atoms with van der Waals surface area (Å²) in [6, 6.07) is 15.2. The molecule has 2 N–H and O–H groups in total. The summed E-state index contributed by atoms with van der Waals surface area (Å²) in [5, 5.41) is 11.5. The van der Waals surface area contributed by atoms with Crippen molar-refractivity contribution in [3.8, 4) is 11.6 Å². The number of hydrazine groups is 1. The van der Waals surface area contributed by atoms with Crippen LogP contribution in [0.4, 0.5) is 11.5 Å². The van der Waals surface area contributed by atoms with Crippen molar-refractivity contribution in [2.75, 3.05) is 5.43 Å². The number of halogens is 1. The Labute approximate surface area is 161 Å². The number of carbonyl (C=O) groups excluding carboxylic acids is 1. The number of nitrogens with zero attached hydrogens (tertiary/aromatic N) is 3. The molecule has 3 rings (SSSR count). The quantitative estimate of drug-likeness (QED) is 0.452. The molecule has 0 aliphatic rings. The van der Waals surface area contributed by atoms with Gasteiger partial charge in [-0.2, -0.15) is 4.98 Å². The van der Waals surface area contributed by atoms with Crippen LogP contribution in [0.3, 0.4) is 0 Å². The SMILES string of the molecule is O=C(NNc1ncnc(Oc2ccccc2)c1[N+](=O)[O-])c1ccccc1Br. The van der Waals surface area contributed by atoms with Crippen LogP contribution in [0.1, 0.15) is 10.4 Å². The van der Waals surface area contributed by atoms with E-state index in [9.17, 15) is 14.9 Å². The van der Waals surface area contributed by atoms with Crippen LogP contribution in [0.15, 0.2) is 65.4 Å². The van der Waals surface area contributed by atoms with E-state index >= 15 is 0 Å². The molecule has 3 aromatic rings. The van der Waals surface area contributed by atoms with Crippen LogP contribution in [0, 0.1) is 10.1 Å². The normalized spacial score (nSPS) is 10.1. The first-order chi connectivity index (χ1) is 13.1. The zero-order chi connectivity index (χ0) is 19.2. The fourth-order valence-electron chi connectivity index (χ4n) is 2.12. The molecular weight excluding hydrogens is 418 g/mol. The molecule has 1 amide bonds. The van der Waals surface area contributed by atoms with Crippen LogP contribution in [0.5, 0.6) is 11.6 Å². The smallest absolute Gasteiger partial charge is 0.374 e. The molecular formula is C17H12BrN5O4. The number of amides is 1. The second-order valence-corrected chi connectivity index (χ2v) is 5.96. The number of carbonyl (C=O) groups is 1. The van der Waals surface area contributed by atoms with Gasteiger partial charge in [-0.05, 0) is 40.2 Å². The molecule has 0 aliphatic heterocycles. The summed E-state index contributed by atoms with van der Waals surface area (Å²) < 4.78 is 6.05. The lowest BCUT2D eigenvalue weighted by Gasteiger charge is -2.11. The van der Waals surface area contributed by atoms with Crippen molar-refractivity contribution in [1.29, 1.82) is 0 Å². The Hall–Kier alpha value is -3.53. The van der Waals surface area contributed by atoms with Crippen molar-refractivity contribution in [2.45, 2.75) is 0 Å². The molecule has 2 aromatic carbocycles. The minimum absolute atomic E-state index is 0.207. The molecule has 0 radical (unpaired) electrons. The highest BCUT2D eigenvalue weighted by Crippen LogP contribution is 2.33. The lowest BCUT2D eigenvalue weighted by molar-refractivity contribution is -0.385. The Bertz CT molecular complexity index is 984. The van der Waals surface area contributed by atoms with E-state index in [1.165, 1.54) is 0 Å². The minimum atomic E-state index is -0.689. The summed E-state index contributed by atoms with van der Waals surface area (Å²) in [6.07, 6.45) is 1.10. The largest absolute Gasteiger partial charge is 0.434 e. The summed E-state index contributed by atoms with van der Waals surface area (Å²) >= 11 is 3.27. The van der Waals surface area contributed by atoms with E-state index in [1.54, 1.807) is 54.6 Å². The predicted octanol–water partition coefficient (Wildman–Crippen LogP) is 3.70. The number of aromatic nitrogens is 2. The highest BCUT2D eigenvalue weighted by molar-refractivity contribution is 9.10. The molecule has 0 bridgehead atoms. The zero-order valence-corrected chi connectivity index (χ0v) is 15.2. The van der Waals surface area contributed by atoms with Crippen LogP contribution in [-0.2, 0) is 0 Å². The number of nitrogens with one attached hydrogen (secondary N) is 2. The first-order valence-corrected chi connectivity index (χ1v) is 8.38. The monoisotopic (exact) mass is 429 g/mol. The van der Waals surface area contributed by atoms with Gasteiger partial charge in [-0.3, -0.25) is 25.8 Å². The fraction of sp³-hybridized carbons (Fsp3) is 0. The van der Waals surface area contributed by atoms with E-state index in [0.29, 0.717) is 15.8 Å². The summed E-state index contributed by atoms with van der Waals surface area (Å²) in [6.45, 7) is 0. The molecule has 0 saturated heterocycles. The van der Waals surface area contributed by atoms with Crippen LogP contribution in [0.2, 0.25) is 0 Å². The number of nitro groups is 1. The Morgan fingerprint density at radius 2 is 1.78 bits per heavy atom. The molecule has 0 spiro atoms. The standard InChI is InChI=1S/C17H12BrN5O4/c18-13-9-5-4-8-12(13)16(24)22-21-15-14(23(25)26)17(20-10-19-15)27-11-6-2-1-3-7-11/h1-10H,(H,22,24)(H,19,20,21). The van der Waals surface area contributed by atoms with Gasteiger partial charge >= 0.3 is 11.6 Å². The summed E-state index contributed by atoms with van der Waals surface area (Å²) in [7, 11) is 0. The van der Waals surface area contributed by atoms with Crippen molar-refractivity contribution in [2.24, 2.45) is 0 Å². The van der Waals surface area contributed by atoms with Gasteiger partial charge in [0.2, 0.25) is 5.82 Å². The highest BCUT2D eigenvalue weighted by atomic mass is 79.9. The molecule has 1 heterocycles. The number of ether oxygens (including phenoxy) is 1. The molecule has 0 fully saturated rings. The highest BCUT2D eigenvalue weighted by Gasteiger charge is 2.25. The van der Waals surface area contributed by atoms with Crippen molar-refractivity contribution in [3.63, 3.8) is 0 Å². The van der Waals surface area contributed by atoms with Gasteiger partial charge in [0.15, 0.2) is 0 Å². The Morgan fingerprint density at radius 3 is 2.48 bits per heavy atom. The Kier molecular flexibility index (Phi) is 5.57. The molecule has 9 nitrogen and oxygen atoms in total. The number of para-hydroxylation sites is 1. The third kappa shape index (κ3) is 4.36. The fourth-order valence-corrected chi connectivity index (χ4v) is 2.59. The maximum Gasteiger partial charge on any atom is 0.374 e. The van der Waals surface area contributed by atoms with Gasteiger partial charge in [-0.1, -0.05) is 30.3 Å². The Morgan fingerprint density at radius 1 is 1.07 bits per heavy atom. The number of anilines is 1. The van der Waals surface area contributed by atoms with Gasteiger partial charge in [0.05, 0.1) is 10.5 Å². The molecule has 0 aliphatic carbocycles. The number of hydrogen-bond donors (Lipinski definition) is 2. The van der Waals surface area contributed by atoms with E-state index in [4.69, 9.17) is 4.74 Å². The molecule has 136 valence electrons. The van der Waals surface area contributed by atoms with E-state index in [0.717, 1.165) is 6.33 Å². The third-order valence-electron chi connectivity index (χ3n) is 3.34. The van der Waals surface area contributed by atoms with Gasteiger partial charge in [0, 0.05) is 4.47 Å². The predicted molar refractivity (Wildman–Crippen MR) is 100 cm³/mol.